The number of carbonyl (C=O) groups excluding carboxylic acids is 2. The monoisotopic (exact) mass is 476 g/mol. The first kappa shape index (κ1) is 23.4. The predicted molar refractivity (Wildman–Crippen MR) is 131 cm³/mol. The molecule has 7 heteroatoms. The summed E-state index contributed by atoms with van der Waals surface area (Å²) in [5, 5.41) is 15.2. The van der Waals surface area contributed by atoms with Crippen molar-refractivity contribution in [2.45, 2.75) is 56.4 Å². The van der Waals surface area contributed by atoms with Crippen molar-refractivity contribution in [1.82, 2.24) is 10.6 Å². The van der Waals surface area contributed by atoms with Gasteiger partial charge in [0.05, 0.1) is 5.92 Å². The van der Waals surface area contributed by atoms with Crippen LogP contribution in [0.5, 0.6) is 0 Å². The highest BCUT2D eigenvalue weighted by atomic mass is 16.5. The first-order valence-electron chi connectivity index (χ1n) is 12.6. The average Bonchev–Trinajstić information content (AvgIpc) is 3.59. The van der Waals surface area contributed by atoms with Crippen molar-refractivity contribution in [2.75, 3.05) is 13.2 Å². The molecule has 3 N–H and O–H groups in total. The van der Waals surface area contributed by atoms with Gasteiger partial charge in [0, 0.05) is 12.5 Å². The molecule has 2 atom stereocenters. The molecule has 184 valence electrons. The summed E-state index contributed by atoms with van der Waals surface area (Å²) in [6.45, 7) is 0.518. The molecule has 0 heterocycles. The second-order valence-corrected chi connectivity index (χ2v) is 10.1. The molecule has 5 rings (SSSR count). The third-order valence-corrected chi connectivity index (χ3v) is 8.08. The standard InChI is InChI=1S/C28H32N2O5/c31-25(32)19-13-7-8-18(19)16-29-26(33)28(14-5-6-15-28)30-27(34)35-17-24-22-11-3-1-9-20(22)21-10-2-4-12-23(21)24/h1-4,9-12,18-19,24H,5-8,13-17H2,(H,29,33)(H,30,34)(H,31,32)/t18-,19-/m1/s1. The minimum absolute atomic E-state index is 0.0446. The molecule has 3 aliphatic carbocycles. The van der Waals surface area contributed by atoms with E-state index in [2.05, 4.69) is 34.9 Å². The van der Waals surface area contributed by atoms with Crippen LogP contribution in [0.4, 0.5) is 4.79 Å². The Morgan fingerprint density at radius 2 is 1.54 bits per heavy atom. The maximum Gasteiger partial charge on any atom is 0.408 e. The van der Waals surface area contributed by atoms with Crippen LogP contribution < -0.4 is 10.6 Å². The van der Waals surface area contributed by atoms with Gasteiger partial charge >= 0.3 is 12.1 Å². The van der Waals surface area contributed by atoms with E-state index in [4.69, 9.17) is 4.74 Å². The molecule has 35 heavy (non-hydrogen) atoms. The zero-order valence-corrected chi connectivity index (χ0v) is 19.8. The Kier molecular flexibility index (Phi) is 6.50. The summed E-state index contributed by atoms with van der Waals surface area (Å²) >= 11 is 0. The van der Waals surface area contributed by atoms with Crippen LogP contribution >= 0.6 is 0 Å². The summed E-state index contributed by atoms with van der Waals surface area (Å²) in [4.78, 5) is 37.6. The number of hydrogen-bond donors (Lipinski definition) is 3. The number of benzene rings is 2. The molecule has 0 unspecified atom stereocenters. The molecule has 2 aromatic rings. The van der Waals surface area contributed by atoms with E-state index in [0.29, 0.717) is 25.8 Å². The van der Waals surface area contributed by atoms with Gasteiger partial charge in [-0.3, -0.25) is 9.59 Å². The molecule has 0 spiro atoms. The predicted octanol–water partition coefficient (Wildman–Crippen LogP) is 4.46. The molecule has 0 aromatic heterocycles. The zero-order valence-electron chi connectivity index (χ0n) is 19.8. The smallest absolute Gasteiger partial charge is 0.408 e. The van der Waals surface area contributed by atoms with Crippen molar-refractivity contribution in [3.05, 3.63) is 59.7 Å². The average molecular weight is 477 g/mol. The number of ether oxygens (including phenoxy) is 1. The number of aliphatic carboxylic acids is 1. The van der Waals surface area contributed by atoms with Crippen LogP contribution in [0.1, 0.15) is 62.0 Å². The van der Waals surface area contributed by atoms with Gasteiger partial charge in [-0.1, -0.05) is 67.8 Å². The van der Waals surface area contributed by atoms with Crippen LogP contribution in [0, 0.1) is 11.8 Å². The Morgan fingerprint density at radius 3 is 2.17 bits per heavy atom. The van der Waals surface area contributed by atoms with E-state index in [1.54, 1.807) is 0 Å². The van der Waals surface area contributed by atoms with Crippen LogP contribution in [0.3, 0.4) is 0 Å². The van der Waals surface area contributed by atoms with Crippen LogP contribution in [-0.4, -0.2) is 41.8 Å². The SMILES string of the molecule is O=C(NC1(C(=O)NC[C@H]2CCC[C@H]2C(=O)O)CCCC1)OCC1c2ccccc2-c2ccccc21. The number of carboxylic acids is 1. The number of hydrogen-bond acceptors (Lipinski definition) is 4. The first-order chi connectivity index (χ1) is 17.0. The third-order valence-electron chi connectivity index (χ3n) is 8.08. The van der Waals surface area contributed by atoms with Gasteiger partial charge in [0.2, 0.25) is 5.91 Å². The molecular formula is C28H32N2O5. The third kappa shape index (κ3) is 4.51. The minimum atomic E-state index is -1.00. The van der Waals surface area contributed by atoms with Gasteiger partial charge in [0.25, 0.3) is 0 Å². The highest BCUT2D eigenvalue weighted by molar-refractivity contribution is 5.90. The Labute approximate surface area is 205 Å². The van der Waals surface area contributed by atoms with Gasteiger partial charge in [-0.05, 0) is 53.9 Å². The zero-order chi connectivity index (χ0) is 24.4. The molecule has 7 nitrogen and oxygen atoms in total. The van der Waals surface area contributed by atoms with Crippen molar-refractivity contribution < 1.29 is 24.2 Å². The largest absolute Gasteiger partial charge is 0.481 e. The molecule has 0 radical (unpaired) electrons. The van der Waals surface area contributed by atoms with Gasteiger partial charge < -0.3 is 20.5 Å². The van der Waals surface area contributed by atoms with E-state index >= 15 is 0 Å². The Morgan fingerprint density at radius 1 is 0.914 bits per heavy atom. The van der Waals surface area contributed by atoms with Gasteiger partial charge in [-0.25, -0.2) is 4.79 Å². The summed E-state index contributed by atoms with van der Waals surface area (Å²) in [5.41, 5.74) is 3.60. The highest BCUT2D eigenvalue weighted by Crippen LogP contribution is 2.44. The number of fused-ring (bicyclic) bond motifs is 3. The summed E-state index contributed by atoms with van der Waals surface area (Å²) < 4.78 is 5.70. The topological polar surface area (TPSA) is 105 Å². The van der Waals surface area contributed by atoms with Crippen molar-refractivity contribution in [2.24, 2.45) is 11.8 Å². The van der Waals surface area contributed by atoms with Crippen molar-refractivity contribution in [3.8, 4) is 11.1 Å². The van der Waals surface area contributed by atoms with Crippen molar-refractivity contribution >= 4 is 18.0 Å². The molecule has 3 aliphatic rings. The Bertz CT molecular complexity index is 1080. The lowest BCUT2D eigenvalue weighted by Gasteiger charge is -2.30. The Hall–Kier alpha value is -3.35. The molecule has 2 saturated carbocycles. The van der Waals surface area contributed by atoms with Crippen molar-refractivity contribution in [3.63, 3.8) is 0 Å². The van der Waals surface area contributed by atoms with E-state index < -0.39 is 23.5 Å². The van der Waals surface area contributed by atoms with Crippen LogP contribution in [-0.2, 0) is 14.3 Å². The summed E-state index contributed by atoms with van der Waals surface area (Å²) in [6.07, 6.45) is 4.51. The maximum absolute atomic E-state index is 13.2. The fourth-order valence-electron chi connectivity index (χ4n) is 6.22. The van der Waals surface area contributed by atoms with Crippen molar-refractivity contribution in [1.29, 1.82) is 0 Å². The van der Waals surface area contributed by atoms with Gasteiger partial charge in [-0.2, -0.15) is 0 Å². The number of rotatable bonds is 7. The minimum Gasteiger partial charge on any atom is -0.481 e. The molecule has 0 aliphatic heterocycles. The summed E-state index contributed by atoms with van der Waals surface area (Å²) in [5.74, 6) is -1.56. The number of alkyl carbamates (subject to hydrolysis) is 1. The lowest BCUT2D eigenvalue weighted by atomic mass is 9.93. The van der Waals surface area contributed by atoms with E-state index in [9.17, 15) is 19.5 Å². The molecule has 0 bridgehead atoms. The number of carbonyl (C=O) groups is 3. The fraction of sp³-hybridized carbons (Fsp3) is 0.464. The van der Waals surface area contributed by atoms with Gasteiger partial charge in [-0.15, -0.1) is 0 Å². The van der Waals surface area contributed by atoms with E-state index in [1.807, 2.05) is 24.3 Å². The number of nitrogens with one attached hydrogen (secondary N) is 2. The quantitative estimate of drug-likeness (QED) is 0.547. The molecular weight excluding hydrogens is 444 g/mol. The molecule has 2 amide bonds. The van der Waals surface area contributed by atoms with Gasteiger partial charge in [0.15, 0.2) is 0 Å². The second-order valence-electron chi connectivity index (χ2n) is 10.1. The van der Waals surface area contributed by atoms with Crippen LogP contribution in [0.2, 0.25) is 0 Å². The maximum atomic E-state index is 13.2. The van der Waals surface area contributed by atoms with Gasteiger partial charge in [0.1, 0.15) is 12.1 Å². The van der Waals surface area contributed by atoms with Crippen LogP contribution in [0.15, 0.2) is 48.5 Å². The number of amides is 2. The Balaban J connectivity index is 1.22. The molecule has 2 fully saturated rings. The second kappa shape index (κ2) is 9.72. The van der Waals surface area contributed by atoms with E-state index in [0.717, 1.165) is 47.9 Å². The summed E-state index contributed by atoms with van der Waals surface area (Å²) in [7, 11) is 0. The molecule has 2 aromatic carbocycles. The highest BCUT2D eigenvalue weighted by Gasteiger charge is 2.44. The molecule has 0 saturated heterocycles. The van der Waals surface area contributed by atoms with E-state index in [1.165, 1.54) is 0 Å². The summed E-state index contributed by atoms with van der Waals surface area (Å²) in [6, 6.07) is 16.3. The lowest BCUT2D eigenvalue weighted by Crippen LogP contribution is -2.58. The number of carboxylic acid groups (broad SMARTS) is 1. The van der Waals surface area contributed by atoms with E-state index in [-0.39, 0.29) is 24.3 Å². The first-order valence-corrected chi connectivity index (χ1v) is 12.6. The van der Waals surface area contributed by atoms with Crippen LogP contribution in [0.25, 0.3) is 11.1 Å². The normalized spacial score (nSPS) is 22.3. The fourth-order valence-corrected chi connectivity index (χ4v) is 6.22. The lowest BCUT2D eigenvalue weighted by molar-refractivity contribution is -0.143.